The first-order valence-electron chi connectivity index (χ1n) is 11.1. The highest BCUT2D eigenvalue weighted by Crippen LogP contribution is 2.23. The van der Waals surface area contributed by atoms with Crippen molar-refractivity contribution in [3.8, 4) is 5.75 Å². The van der Waals surface area contributed by atoms with Crippen molar-refractivity contribution in [3.05, 3.63) is 53.2 Å². The molecule has 0 unspecified atom stereocenters. The van der Waals surface area contributed by atoms with Crippen LogP contribution in [0.15, 0.2) is 34.7 Å². The fourth-order valence-corrected chi connectivity index (χ4v) is 3.94. The van der Waals surface area contributed by atoms with Gasteiger partial charge in [0, 0.05) is 13.0 Å². The highest BCUT2D eigenvalue weighted by Gasteiger charge is 2.20. The van der Waals surface area contributed by atoms with Crippen molar-refractivity contribution in [2.24, 2.45) is 0 Å². The minimum Gasteiger partial charge on any atom is -0.491 e. The maximum atomic E-state index is 13.6. The van der Waals surface area contributed by atoms with E-state index >= 15 is 0 Å². The maximum Gasteiger partial charge on any atom is 0.123 e. The fourth-order valence-electron chi connectivity index (χ4n) is 3.94. The van der Waals surface area contributed by atoms with Gasteiger partial charge in [0.15, 0.2) is 0 Å². The Morgan fingerprint density at radius 2 is 1.93 bits per heavy atom. The zero-order valence-corrected chi connectivity index (χ0v) is 17.9. The number of aliphatic hydroxyl groups excluding tert-OH is 2. The van der Waals surface area contributed by atoms with Crippen LogP contribution in [0.1, 0.15) is 49.2 Å². The van der Waals surface area contributed by atoms with Gasteiger partial charge in [-0.1, -0.05) is 6.42 Å². The second-order valence-electron chi connectivity index (χ2n) is 8.25. The van der Waals surface area contributed by atoms with E-state index < -0.39 is 12.2 Å². The highest BCUT2D eigenvalue weighted by atomic mass is 19.1. The fraction of sp³-hybridized carbons (Fsp3) is 0.583. The van der Waals surface area contributed by atoms with Crippen molar-refractivity contribution in [2.75, 3.05) is 26.2 Å². The molecule has 1 aromatic carbocycles. The molecule has 0 bridgehead atoms. The van der Waals surface area contributed by atoms with E-state index in [9.17, 15) is 14.6 Å². The molecule has 166 valence electrons. The van der Waals surface area contributed by atoms with Crippen molar-refractivity contribution in [3.63, 3.8) is 0 Å². The monoisotopic (exact) mass is 419 g/mol. The standard InChI is InChI=1S/C24H34FNO4/c1-18-8-10-21(30-18)7-5-14-26-13-4-2-3-6-19-16-20(25)9-11-24(19)29-17-23(28)22(27)12-15-26/h8-11,16,22-23,27-28H,2-7,12-15,17H2,1H3/t22-,23+/m0/s1. The second kappa shape index (κ2) is 11.5. The SMILES string of the molecule is Cc1ccc(CCCN2CCCCCc3cc(F)ccc3OC[C@@H](O)[C@@H](O)CC2)o1. The highest BCUT2D eigenvalue weighted by molar-refractivity contribution is 5.34. The van der Waals surface area contributed by atoms with E-state index in [0.29, 0.717) is 12.2 Å². The Labute approximate surface area is 178 Å². The van der Waals surface area contributed by atoms with Crippen molar-refractivity contribution in [2.45, 2.75) is 64.1 Å². The summed E-state index contributed by atoms with van der Waals surface area (Å²) in [7, 11) is 0. The minimum atomic E-state index is -0.973. The normalized spacial score (nSPS) is 22.1. The van der Waals surface area contributed by atoms with Gasteiger partial charge in [0.2, 0.25) is 0 Å². The molecule has 1 aliphatic rings. The molecule has 3 rings (SSSR count). The summed E-state index contributed by atoms with van der Waals surface area (Å²) in [6, 6.07) is 8.50. The molecule has 6 heteroatoms. The molecular formula is C24H34FNO4. The lowest BCUT2D eigenvalue weighted by Gasteiger charge is -2.26. The van der Waals surface area contributed by atoms with Crippen molar-refractivity contribution >= 4 is 0 Å². The summed E-state index contributed by atoms with van der Waals surface area (Å²) >= 11 is 0. The Kier molecular flexibility index (Phi) is 8.73. The summed E-state index contributed by atoms with van der Waals surface area (Å²) in [6.07, 6.45) is 4.34. The van der Waals surface area contributed by atoms with E-state index in [4.69, 9.17) is 9.15 Å². The second-order valence-corrected chi connectivity index (χ2v) is 8.25. The van der Waals surface area contributed by atoms with Crippen LogP contribution in [-0.4, -0.2) is 53.6 Å². The topological polar surface area (TPSA) is 66.1 Å². The third-order valence-corrected chi connectivity index (χ3v) is 5.73. The van der Waals surface area contributed by atoms with Crippen LogP contribution in [0.25, 0.3) is 0 Å². The molecule has 2 aromatic rings. The molecule has 1 aromatic heterocycles. The Morgan fingerprint density at radius 1 is 1.07 bits per heavy atom. The molecular weight excluding hydrogens is 385 g/mol. The summed E-state index contributed by atoms with van der Waals surface area (Å²) in [5.41, 5.74) is 0.819. The minimum absolute atomic E-state index is 0.00234. The van der Waals surface area contributed by atoms with Gasteiger partial charge in [-0.3, -0.25) is 0 Å². The molecule has 2 atom stereocenters. The predicted octanol–water partition coefficient (Wildman–Crippen LogP) is 3.88. The molecule has 0 saturated carbocycles. The third-order valence-electron chi connectivity index (χ3n) is 5.73. The average Bonchev–Trinajstić information content (AvgIpc) is 3.14. The van der Waals surface area contributed by atoms with Gasteiger partial charge in [-0.2, -0.15) is 0 Å². The van der Waals surface area contributed by atoms with Crippen LogP contribution in [0, 0.1) is 12.7 Å². The van der Waals surface area contributed by atoms with Gasteiger partial charge in [0.25, 0.3) is 0 Å². The first-order chi connectivity index (χ1) is 14.5. The largest absolute Gasteiger partial charge is 0.491 e. The lowest BCUT2D eigenvalue weighted by molar-refractivity contribution is -0.0160. The number of nitrogens with zero attached hydrogens (tertiary/aromatic N) is 1. The lowest BCUT2D eigenvalue weighted by atomic mass is 10.0. The molecule has 2 N–H and O–H groups in total. The Bertz CT molecular complexity index is 778. The summed E-state index contributed by atoms with van der Waals surface area (Å²) < 4.78 is 25.0. The number of fused-ring (bicyclic) bond motifs is 1. The quantitative estimate of drug-likeness (QED) is 0.787. The zero-order chi connectivity index (χ0) is 21.3. The maximum absolute atomic E-state index is 13.6. The van der Waals surface area contributed by atoms with Crippen LogP contribution in [-0.2, 0) is 12.8 Å². The average molecular weight is 420 g/mol. The van der Waals surface area contributed by atoms with Crippen LogP contribution in [0.4, 0.5) is 4.39 Å². The molecule has 30 heavy (non-hydrogen) atoms. The van der Waals surface area contributed by atoms with Crippen LogP contribution in [0.5, 0.6) is 5.75 Å². The molecule has 0 amide bonds. The summed E-state index contributed by atoms with van der Waals surface area (Å²) in [5.74, 6) is 2.25. The predicted molar refractivity (Wildman–Crippen MR) is 114 cm³/mol. The number of hydrogen-bond acceptors (Lipinski definition) is 5. The molecule has 5 nitrogen and oxygen atoms in total. The molecule has 2 heterocycles. The van der Waals surface area contributed by atoms with Crippen LogP contribution >= 0.6 is 0 Å². The molecule has 0 saturated heterocycles. The first-order valence-corrected chi connectivity index (χ1v) is 11.1. The van der Waals surface area contributed by atoms with Crippen LogP contribution in [0.3, 0.4) is 0 Å². The molecule has 0 aliphatic carbocycles. The number of halogens is 1. The van der Waals surface area contributed by atoms with Gasteiger partial charge in [-0.05, 0) is 88.0 Å². The molecule has 1 aliphatic heterocycles. The number of ether oxygens (including phenoxy) is 1. The van der Waals surface area contributed by atoms with Crippen molar-refractivity contribution in [1.82, 2.24) is 4.90 Å². The Hall–Kier alpha value is -1.89. The third kappa shape index (κ3) is 7.11. The molecule has 0 radical (unpaired) electrons. The van der Waals surface area contributed by atoms with Crippen LogP contribution < -0.4 is 4.74 Å². The Morgan fingerprint density at radius 3 is 2.73 bits per heavy atom. The van der Waals surface area contributed by atoms with Gasteiger partial charge in [-0.25, -0.2) is 4.39 Å². The van der Waals surface area contributed by atoms with E-state index in [0.717, 1.165) is 75.2 Å². The van der Waals surface area contributed by atoms with Gasteiger partial charge < -0.3 is 24.3 Å². The van der Waals surface area contributed by atoms with E-state index in [1.54, 1.807) is 6.07 Å². The number of furan rings is 1. The number of hydrogen-bond donors (Lipinski definition) is 2. The Balaban J connectivity index is 1.56. The van der Waals surface area contributed by atoms with E-state index in [-0.39, 0.29) is 12.4 Å². The first kappa shape index (κ1) is 22.8. The number of benzene rings is 1. The van der Waals surface area contributed by atoms with Crippen molar-refractivity contribution < 1.29 is 23.8 Å². The van der Waals surface area contributed by atoms with Gasteiger partial charge in [0.1, 0.15) is 35.8 Å². The lowest BCUT2D eigenvalue weighted by Crippen LogP contribution is -2.36. The van der Waals surface area contributed by atoms with E-state index in [1.165, 1.54) is 12.1 Å². The zero-order valence-electron chi connectivity index (χ0n) is 17.9. The molecule has 0 fully saturated rings. The van der Waals surface area contributed by atoms with Crippen LogP contribution in [0.2, 0.25) is 0 Å². The van der Waals surface area contributed by atoms with Gasteiger partial charge in [0.05, 0.1) is 6.10 Å². The number of aliphatic hydroxyl groups is 2. The molecule has 0 spiro atoms. The number of aryl methyl sites for hydroxylation is 3. The van der Waals surface area contributed by atoms with E-state index in [1.807, 2.05) is 19.1 Å². The summed E-state index contributed by atoms with van der Waals surface area (Å²) in [6.45, 7) is 4.56. The summed E-state index contributed by atoms with van der Waals surface area (Å²) in [5, 5.41) is 20.7. The van der Waals surface area contributed by atoms with E-state index in [2.05, 4.69) is 4.90 Å². The van der Waals surface area contributed by atoms with Gasteiger partial charge >= 0.3 is 0 Å². The van der Waals surface area contributed by atoms with Gasteiger partial charge in [-0.15, -0.1) is 0 Å². The summed E-state index contributed by atoms with van der Waals surface area (Å²) in [4.78, 5) is 2.35. The van der Waals surface area contributed by atoms with Crippen molar-refractivity contribution in [1.29, 1.82) is 0 Å². The number of rotatable bonds is 4. The smallest absolute Gasteiger partial charge is 0.123 e.